The van der Waals surface area contributed by atoms with Gasteiger partial charge >= 0.3 is 5.97 Å². The molecule has 0 spiro atoms. The van der Waals surface area contributed by atoms with Crippen LogP contribution in [0, 0.1) is 12.1 Å². The van der Waals surface area contributed by atoms with Gasteiger partial charge in [-0.2, -0.15) is 19.7 Å². The Kier molecular flexibility index (Phi) is 4.88. The number of nitrogens with two attached hydrogens (primary N) is 1. The van der Waals surface area contributed by atoms with E-state index in [1.54, 1.807) is 0 Å². The quantitative estimate of drug-likeness (QED) is 0.401. The average molecular weight is 352 g/mol. The van der Waals surface area contributed by atoms with Gasteiger partial charge in [-0.3, -0.25) is 0 Å². The van der Waals surface area contributed by atoms with Gasteiger partial charge in [0.1, 0.15) is 0 Å². The van der Waals surface area contributed by atoms with Crippen LogP contribution in [0.3, 0.4) is 0 Å². The highest BCUT2D eigenvalue weighted by molar-refractivity contribution is 5.88. The van der Waals surface area contributed by atoms with Crippen molar-refractivity contribution in [3.8, 4) is 0 Å². The number of anilines is 3. The van der Waals surface area contributed by atoms with E-state index in [0.717, 1.165) is 11.3 Å². The highest BCUT2D eigenvalue weighted by Crippen LogP contribution is 2.14. The van der Waals surface area contributed by atoms with Crippen molar-refractivity contribution >= 4 is 23.6 Å². The molecule has 0 saturated carbocycles. The Morgan fingerprint density at radius 3 is 2.54 bits per heavy atom. The van der Waals surface area contributed by atoms with Crippen molar-refractivity contribution in [2.24, 2.45) is 0 Å². The van der Waals surface area contributed by atoms with E-state index >= 15 is 0 Å². The van der Waals surface area contributed by atoms with Crippen LogP contribution >= 0.6 is 0 Å². The zero-order chi connectivity index (χ0) is 18.5. The predicted octanol–water partition coefficient (Wildman–Crippen LogP) is 1.50. The number of aromatic nitrogens is 4. The van der Waals surface area contributed by atoms with Gasteiger partial charge in [-0.15, -0.1) is 0 Å². The van der Waals surface area contributed by atoms with Crippen molar-refractivity contribution in [1.82, 2.24) is 15.0 Å². The van der Waals surface area contributed by atoms with Gasteiger partial charge in [-0.05, 0) is 19.1 Å². The van der Waals surface area contributed by atoms with Crippen LogP contribution in [0.4, 0.5) is 17.6 Å². The number of carbonyl (C=O) groups is 1. The van der Waals surface area contributed by atoms with E-state index in [9.17, 15) is 10.0 Å². The third-order valence-corrected chi connectivity index (χ3v) is 3.38. The number of carbonyl (C=O) groups excluding carboxylic acids is 1. The molecule has 3 N–H and O–H groups in total. The minimum Gasteiger partial charge on any atom is -0.619 e. The van der Waals surface area contributed by atoms with Gasteiger partial charge in [0.15, 0.2) is 24.8 Å². The SMILES string of the molecule is Cc1ccc(Nc2nc(N)nc(COC(=O)c3cc[n+]([O-])cc3)n2)cc1. The highest BCUT2D eigenvalue weighted by atomic mass is 16.5. The van der Waals surface area contributed by atoms with Gasteiger partial charge in [0.25, 0.3) is 0 Å². The number of hydrogen-bond acceptors (Lipinski definition) is 8. The fraction of sp³-hybridized carbons (Fsp3) is 0.118. The Hall–Kier alpha value is -3.75. The number of rotatable bonds is 5. The van der Waals surface area contributed by atoms with E-state index in [4.69, 9.17) is 10.5 Å². The predicted molar refractivity (Wildman–Crippen MR) is 93.2 cm³/mol. The Morgan fingerprint density at radius 1 is 1.15 bits per heavy atom. The molecule has 2 heterocycles. The zero-order valence-electron chi connectivity index (χ0n) is 13.9. The molecule has 3 aromatic rings. The number of aryl methyl sites for hydroxylation is 1. The van der Waals surface area contributed by atoms with Crippen molar-refractivity contribution in [3.05, 3.63) is 71.0 Å². The maximum absolute atomic E-state index is 12.0. The molecule has 2 aromatic heterocycles. The van der Waals surface area contributed by atoms with E-state index in [0.29, 0.717) is 4.73 Å². The van der Waals surface area contributed by atoms with E-state index in [-0.39, 0.29) is 29.9 Å². The molecule has 0 saturated heterocycles. The number of nitrogen functional groups attached to an aromatic ring is 1. The summed E-state index contributed by atoms with van der Waals surface area (Å²) in [5, 5.41) is 14.0. The zero-order valence-corrected chi connectivity index (χ0v) is 13.9. The third kappa shape index (κ3) is 4.41. The fourth-order valence-corrected chi connectivity index (χ4v) is 2.09. The minimum absolute atomic E-state index is 0.00719. The van der Waals surface area contributed by atoms with Gasteiger partial charge < -0.3 is 21.0 Å². The summed E-state index contributed by atoms with van der Waals surface area (Å²) in [4.78, 5) is 24.1. The van der Waals surface area contributed by atoms with Crippen LogP contribution in [0.25, 0.3) is 0 Å². The first-order chi connectivity index (χ1) is 12.5. The smallest absolute Gasteiger partial charge is 0.339 e. The fourth-order valence-electron chi connectivity index (χ4n) is 2.09. The van der Waals surface area contributed by atoms with Crippen LogP contribution in [0.5, 0.6) is 0 Å². The van der Waals surface area contributed by atoms with Crippen molar-refractivity contribution in [2.45, 2.75) is 13.5 Å². The second-order valence-electron chi connectivity index (χ2n) is 5.45. The molecule has 132 valence electrons. The second-order valence-corrected chi connectivity index (χ2v) is 5.45. The molecule has 0 aliphatic rings. The van der Waals surface area contributed by atoms with Gasteiger partial charge in [-0.1, -0.05) is 17.7 Å². The molecule has 26 heavy (non-hydrogen) atoms. The Bertz CT molecular complexity index is 913. The molecule has 0 unspecified atom stereocenters. The number of nitrogens with zero attached hydrogens (tertiary/aromatic N) is 4. The summed E-state index contributed by atoms with van der Waals surface area (Å²) in [5.41, 5.74) is 7.86. The number of benzene rings is 1. The molecular formula is C17H16N6O3. The van der Waals surface area contributed by atoms with Crippen LogP contribution in [0.15, 0.2) is 48.8 Å². The van der Waals surface area contributed by atoms with Gasteiger partial charge in [-0.25, -0.2) is 4.79 Å². The van der Waals surface area contributed by atoms with Crippen LogP contribution in [0.2, 0.25) is 0 Å². The Labute approximate surface area is 149 Å². The maximum Gasteiger partial charge on any atom is 0.339 e. The summed E-state index contributed by atoms with van der Waals surface area (Å²) in [7, 11) is 0. The second kappa shape index (κ2) is 7.43. The summed E-state index contributed by atoms with van der Waals surface area (Å²) in [6.45, 7) is 1.81. The summed E-state index contributed by atoms with van der Waals surface area (Å²) >= 11 is 0. The largest absolute Gasteiger partial charge is 0.619 e. The first kappa shape index (κ1) is 17.1. The van der Waals surface area contributed by atoms with Crippen molar-refractivity contribution < 1.29 is 14.3 Å². The van der Waals surface area contributed by atoms with E-state index in [1.807, 2.05) is 31.2 Å². The third-order valence-electron chi connectivity index (χ3n) is 3.38. The maximum atomic E-state index is 12.0. The first-order valence-electron chi connectivity index (χ1n) is 7.70. The molecule has 9 heteroatoms. The number of hydrogen-bond donors (Lipinski definition) is 2. The number of pyridine rings is 1. The van der Waals surface area contributed by atoms with Gasteiger partial charge in [0, 0.05) is 17.8 Å². The molecular weight excluding hydrogens is 336 g/mol. The first-order valence-corrected chi connectivity index (χ1v) is 7.70. The lowest BCUT2D eigenvalue weighted by molar-refractivity contribution is -0.605. The number of esters is 1. The Balaban J connectivity index is 1.68. The van der Waals surface area contributed by atoms with Crippen LogP contribution in [-0.2, 0) is 11.3 Å². The number of ether oxygens (including phenoxy) is 1. The summed E-state index contributed by atoms with van der Waals surface area (Å²) in [6, 6.07) is 10.4. The Morgan fingerprint density at radius 2 is 1.85 bits per heavy atom. The number of nitrogens with one attached hydrogen (secondary N) is 1. The molecule has 0 amide bonds. The summed E-state index contributed by atoms with van der Waals surface area (Å²) in [5.74, 6) is -0.139. The molecule has 3 rings (SSSR count). The summed E-state index contributed by atoms with van der Waals surface area (Å²) < 4.78 is 5.72. The van der Waals surface area contributed by atoms with Gasteiger partial charge in [0.2, 0.25) is 11.9 Å². The molecule has 0 aliphatic carbocycles. The molecule has 0 bridgehead atoms. The summed E-state index contributed by atoms with van der Waals surface area (Å²) in [6.07, 6.45) is 2.42. The lowest BCUT2D eigenvalue weighted by Gasteiger charge is -2.08. The molecule has 0 radical (unpaired) electrons. The molecule has 0 aliphatic heterocycles. The lowest BCUT2D eigenvalue weighted by Crippen LogP contribution is -2.24. The minimum atomic E-state index is -0.599. The lowest BCUT2D eigenvalue weighted by atomic mass is 10.2. The van der Waals surface area contributed by atoms with Gasteiger partial charge in [0.05, 0.1) is 5.56 Å². The van der Waals surface area contributed by atoms with Crippen LogP contribution < -0.4 is 15.8 Å². The van der Waals surface area contributed by atoms with E-state index in [2.05, 4.69) is 20.3 Å². The van der Waals surface area contributed by atoms with E-state index < -0.39 is 5.97 Å². The van der Waals surface area contributed by atoms with E-state index in [1.165, 1.54) is 24.5 Å². The van der Waals surface area contributed by atoms with Crippen LogP contribution in [-0.4, -0.2) is 20.9 Å². The topological polar surface area (TPSA) is 130 Å². The molecule has 9 nitrogen and oxygen atoms in total. The molecule has 0 atom stereocenters. The van der Waals surface area contributed by atoms with Crippen LogP contribution in [0.1, 0.15) is 21.7 Å². The highest BCUT2D eigenvalue weighted by Gasteiger charge is 2.11. The van der Waals surface area contributed by atoms with Crippen molar-refractivity contribution in [1.29, 1.82) is 0 Å². The normalized spacial score (nSPS) is 10.3. The molecule has 1 aromatic carbocycles. The van der Waals surface area contributed by atoms with Crippen molar-refractivity contribution in [2.75, 3.05) is 11.1 Å². The monoisotopic (exact) mass is 352 g/mol. The van der Waals surface area contributed by atoms with Crippen molar-refractivity contribution in [3.63, 3.8) is 0 Å². The average Bonchev–Trinajstić information content (AvgIpc) is 2.62. The standard InChI is InChI=1S/C17H16N6O3/c1-11-2-4-13(5-3-11)19-17-21-14(20-16(18)22-17)10-26-15(24)12-6-8-23(25)9-7-12/h2-9H,10H2,1H3,(H3,18,19,20,21,22). The molecule has 0 fully saturated rings.